The first-order chi connectivity index (χ1) is 8.72. The molecular weight excluding hydrogens is 264 g/mol. The lowest BCUT2D eigenvalue weighted by molar-refractivity contribution is -0.310. The summed E-state index contributed by atoms with van der Waals surface area (Å²) in [6.45, 7) is -2.88. The van der Waals surface area contributed by atoms with E-state index in [9.17, 15) is 29.4 Å². The number of carboxylic acids is 3. The molecule has 0 radical (unpaired) electrons. The Kier molecular flexibility index (Phi) is 6.89. The topological polar surface area (TPSA) is 161 Å². The van der Waals surface area contributed by atoms with E-state index in [2.05, 4.69) is 0 Å². The zero-order chi connectivity index (χ0) is 15.0. The predicted octanol–water partition coefficient (Wildman–Crippen LogP) is -4.15. The van der Waals surface area contributed by atoms with E-state index in [-0.39, 0.29) is 13.1 Å². The highest BCUT2D eigenvalue weighted by molar-refractivity contribution is 5.75. The van der Waals surface area contributed by atoms with Crippen molar-refractivity contribution >= 4 is 24.0 Å². The Bertz CT molecular complexity index is 353. The van der Waals surface area contributed by atoms with Crippen LogP contribution in [-0.2, 0) is 14.4 Å². The molecule has 1 amide bonds. The van der Waals surface area contributed by atoms with Gasteiger partial charge in [-0.25, -0.2) is 4.79 Å². The third-order valence-corrected chi connectivity index (χ3v) is 1.99. The van der Waals surface area contributed by atoms with Gasteiger partial charge in [-0.15, -0.1) is 0 Å². The van der Waals surface area contributed by atoms with Crippen molar-refractivity contribution < 1.29 is 39.6 Å². The highest BCUT2D eigenvalue weighted by Gasteiger charge is 2.16. The molecule has 10 heteroatoms. The minimum Gasteiger partial charge on any atom is -0.549 e. The zero-order valence-electron chi connectivity index (χ0n) is 9.77. The molecule has 0 atom stereocenters. The maximum atomic E-state index is 10.7. The number of rotatable bonds is 9. The Morgan fingerprint density at radius 3 is 1.63 bits per heavy atom. The van der Waals surface area contributed by atoms with Gasteiger partial charge < -0.3 is 30.0 Å². The van der Waals surface area contributed by atoms with Crippen molar-refractivity contribution in [3.63, 3.8) is 0 Å². The quantitative estimate of drug-likeness (QED) is 0.425. The van der Waals surface area contributed by atoms with Gasteiger partial charge in [0.2, 0.25) is 0 Å². The molecule has 0 aromatic carbocycles. The van der Waals surface area contributed by atoms with Crippen molar-refractivity contribution in [2.45, 2.75) is 0 Å². The molecule has 10 nitrogen and oxygen atoms in total. The summed E-state index contributed by atoms with van der Waals surface area (Å²) in [7, 11) is 0. The summed E-state index contributed by atoms with van der Waals surface area (Å²) < 4.78 is 0. The summed E-state index contributed by atoms with van der Waals surface area (Å²) in [6, 6.07) is 0. The van der Waals surface area contributed by atoms with E-state index in [4.69, 9.17) is 10.2 Å². The summed E-state index contributed by atoms with van der Waals surface area (Å²) in [5.41, 5.74) is 0. The second-order valence-corrected chi connectivity index (χ2v) is 3.55. The van der Waals surface area contributed by atoms with Crippen LogP contribution in [0.15, 0.2) is 0 Å². The normalized spacial score (nSPS) is 10.2. The van der Waals surface area contributed by atoms with Crippen LogP contribution in [0.4, 0.5) is 4.79 Å². The highest BCUT2D eigenvalue weighted by Crippen LogP contribution is 1.93. The van der Waals surface area contributed by atoms with E-state index in [1.807, 2.05) is 0 Å². The van der Waals surface area contributed by atoms with Crippen molar-refractivity contribution in [1.82, 2.24) is 9.80 Å². The van der Waals surface area contributed by atoms with Crippen molar-refractivity contribution in [3.05, 3.63) is 0 Å². The lowest BCUT2D eigenvalue weighted by atomic mass is 10.4. The highest BCUT2D eigenvalue weighted by atomic mass is 16.4. The van der Waals surface area contributed by atoms with Crippen LogP contribution < -0.4 is 10.2 Å². The summed E-state index contributed by atoms with van der Waals surface area (Å²) >= 11 is 0. The first kappa shape index (κ1) is 16.6. The van der Waals surface area contributed by atoms with Gasteiger partial charge in [0.1, 0.15) is 6.54 Å². The summed E-state index contributed by atoms with van der Waals surface area (Å²) in [5, 5.41) is 37.9. The number of carbonyl (C=O) groups excluding carboxylic acids is 2. The second-order valence-electron chi connectivity index (χ2n) is 3.55. The summed E-state index contributed by atoms with van der Waals surface area (Å²) in [4.78, 5) is 43.2. The molecule has 0 spiro atoms. The van der Waals surface area contributed by atoms with Crippen LogP contribution in [-0.4, -0.2) is 76.7 Å². The molecule has 19 heavy (non-hydrogen) atoms. The van der Waals surface area contributed by atoms with Gasteiger partial charge in [-0.3, -0.25) is 14.6 Å². The van der Waals surface area contributed by atoms with E-state index in [0.717, 1.165) is 4.90 Å². The molecule has 0 saturated carbocycles. The molecule has 0 aliphatic heterocycles. The standard InChI is InChI=1S/C9H14N2O8/c12-6(13)3-10(4-7(14)15)1-2-11(9(18)19)5-8(16)17/h1-5H2,(H,12,13)(H,14,15)(H,16,17)(H,18,19)/p-2. The molecule has 2 N–H and O–H groups in total. The van der Waals surface area contributed by atoms with Gasteiger partial charge >= 0.3 is 12.1 Å². The smallest absolute Gasteiger partial charge is 0.407 e. The molecule has 0 heterocycles. The molecular formula is C9H12N2O8-2. The number of carbonyl (C=O) groups is 4. The van der Waals surface area contributed by atoms with E-state index >= 15 is 0 Å². The number of carboxylic acid groups (broad SMARTS) is 4. The summed E-state index contributed by atoms with van der Waals surface area (Å²) in [5.74, 6) is -4.46. The lowest BCUT2D eigenvalue weighted by Gasteiger charge is -2.26. The first-order valence-electron chi connectivity index (χ1n) is 5.04. The van der Waals surface area contributed by atoms with Crippen molar-refractivity contribution in [2.75, 3.05) is 32.7 Å². The number of hydrogen-bond acceptors (Lipinski definition) is 7. The fraction of sp³-hybridized carbons (Fsp3) is 0.556. The van der Waals surface area contributed by atoms with E-state index in [1.54, 1.807) is 0 Å². The molecule has 0 saturated heterocycles. The van der Waals surface area contributed by atoms with Crippen LogP contribution in [0.1, 0.15) is 0 Å². The molecule has 0 aromatic rings. The molecule has 0 unspecified atom stereocenters. The van der Waals surface area contributed by atoms with Gasteiger partial charge in [0.25, 0.3) is 0 Å². The fourth-order valence-corrected chi connectivity index (χ4v) is 1.25. The van der Waals surface area contributed by atoms with Crippen molar-refractivity contribution in [2.24, 2.45) is 0 Å². The van der Waals surface area contributed by atoms with Crippen LogP contribution in [0.5, 0.6) is 0 Å². The van der Waals surface area contributed by atoms with E-state index < -0.39 is 43.6 Å². The Balaban J connectivity index is 4.47. The molecule has 0 bridgehead atoms. The Morgan fingerprint density at radius 2 is 1.32 bits per heavy atom. The van der Waals surface area contributed by atoms with Gasteiger partial charge in [0, 0.05) is 26.2 Å². The zero-order valence-corrected chi connectivity index (χ0v) is 9.77. The fourth-order valence-electron chi connectivity index (χ4n) is 1.25. The van der Waals surface area contributed by atoms with Crippen LogP contribution in [0.3, 0.4) is 0 Å². The lowest BCUT2D eigenvalue weighted by Crippen LogP contribution is -2.48. The molecule has 0 aliphatic carbocycles. The predicted molar refractivity (Wildman–Crippen MR) is 53.7 cm³/mol. The molecule has 0 aliphatic rings. The van der Waals surface area contributed by atoms with Crippen LogP contribution in [0, 0.1) is 0 Å². The van der Waals surface area contributed by atoms with Gasteiger partial charge in [0.05, 0.1) is 11.9 Å². The molecule has 0 fully saturated rings. The monoisotopic (exact) mass is 276 g/mol. The van der Waals surface area contributed by atoms with Gasteiger partial charge in [-0.1, -0.05) is 0 Å². The Labute approximate surface area is 107 Å². The van der Waals surface area contributed by atoms with E-state index in [1.165, 1.54) is 0 Å². The number of amides is 1. The largest absolute Gasteiger partial charge is 0.549 e. The first-order valence-corrected chi connectivity index (χ1v) is 5.04. The SMILES string of the molecule is O=C([O-])CN(CCN(CC(=O)O)C(=O)O)CC(=O)[O-]. The Hall–Kier alpha value is -2.36. The molecule has 0 aromatic heterocycles. The number of hydrogen-bond donors (Lipinski definition) is 2. The number of aliphatic carboxylic acids is 3. The van der Waals surface area contributed by atoms with Crippen molar-refractivity contribution in [1.29, 1.82) is 0 Å². The molecule has 0 rings (SSSR count). The average Bonchev–Trinajstić information content (AvgIpc) is 2.21. The third kappa shape index (κ3) is 8.37. The van der Waals surface area contributed by atoms with Crippen LogP contribution in [0.2, 0.25) is 0 Å². The van der Waals surface area contributed by atoms with Crippen LogP contribution >= 0.6 is 0 Å². The van der Waals surface area contributed by atoms with Gasteiger partial charge in [0.15, 0.2) is 0 Å². The van der Waals surface area contributed by atoms with E-state index in [0.29, 0.717) is 4.90 Å². The third-order valence-electron chi connectivity index (χ3n) is 1.99. The van der Waals surface area contributed by atoms with Gasteiger partial charge in [-0.2, -0.15) is 0 Å². The maximum absolute atomic E-state index is 10.7. The summed E-state index contributed by atoms with van der Waals surface area (Å²) in [6.07, 6.45) is -1.51. The number of nitrogens with zero attached hydrogens (tertiary/aromatic N) is 2. The minimum atomic E-state index is -1.54. The Morgan fingerprint density at radius 1 is 0.842 bits per heavy atom. The van der Waals surface area contributed by atoms with Crippen LogP contribution in [0.25, 0.3) is 0 Å². The van der Waals surface area contributed by atoms with Gasteiger partial charge in [-0.05, 0) is 0 Å². The maximum Gasteiger partial charge on any atom is 0.407 e. The second kappa shape index (κ2) is 7.87. The minimum absolute atomic E-state index is 0.276. The average molecular weight is 276 g/mol. The van der Waals surface area contributed by atoms with Crippen molar-refractivity contribution in [3.8, 4) is 0 Å². The molecule has 108 valence electrons.